The van der Waals surface area contributed by atoms with Crippen molar-refractivity contribution in [2.24, 2.45) is 5.92 Å². The van der Waals surface area contributed by atoms with Crippen LogP contribution in [-0.4, -0.2) is 38.9 Å². The van der Waals surface area contributed by atoms with Gasteiger partial charge < -0.3 is 19.4 Å². The SMILES string of the molecule is Cc1cccc(OCC(C)C)c1-n1nc2c(c1-c1ccc3[nH]ccc3c1)CN(C(=O)OCc1ccccc1)CC2. The maximum absolute atomic E-state index is 13.2. The van der Waals surface area contributed by atoms with Gasteiger partial charge in [0.05, 0.1) is 24.5 Å². The average Bonchev–Trinajstić information content (AvgIpc) is 3.59. The maximum Gasteiger partial charge on any atom is 0.410 e. The van der Waals surface area contributed by atoms with Gasteiger partial charge in [-0.1, -0.05) is 62.4 Å². The number of aromatic amines is 1. The number of H-pyrrole nitrogens is 1. The average molecular weight is 535 g/mol. The molecule has 1 N–H and O–H groups in total. The number of aromatic nitrogens is 3. The first-order valence-corrected chi connectivity index (χ1v) is 13.8. The predicted octanol–water partition coefficient (Wildman–Crippen LogP) is 7.06. The summed E-state index contributed by atoms with van der Waals surface area (Å²) in [4.78, 5) is 18.2. The Morgan fingerprint density at radius 2 is 1.90 bits per heavy atom. The normalized spacial score (nSPS) is 13.1. The molecule has 0 spiro atoms. The third kappa shape index (κ3) is 5.07. The van der Waals surface area contributed by atoms with Crippen molar-refractivity contribution in [2.75, 3.05) is 13.2 Å². The Morgan fingerprint density at radius 1 is 1.05 bits per heavy atom. The second-order valence-electron chi connectivity index (χ2n) is 10.8. The molecule has 3 aromatic carbocycles. The van der Waals surface area contributed by atoms with E-state index in [2.05, 4.69) is 56.1 Å². The molecule has 0 atom stereocenters. The number of carbonyl (C=O) groups excluding carboxylic acids is 1. The Morgan fingerprint density at radius 3 is 2.73 bits per heavy atom. The van der Waals surface area contributed by atoms with E-state index in [-0.39, 0.29) is 12.7 Å². The molecule has 3 heterocycles. The quantitative estimate of drug-likeness (QED) is 0.243. The standard InChI is InChI=1S/C33H34N4O3/c1-22(2)20-39-30-11-7-8-23(3)31(30)37-32(26-12-13-28-25(18-26)14-16-34-28)27-19-36(17-15-29(27)35-37)33(38)40-21-24-9-5-4-6-10-24/h4-14,16,18,22,34H,15,17,19-21H2,1-3H3. The largest absolute Gasteiger partial charge is 0.491 e. The summed E-state index contributed by atoms with van der Waals surface area (Å²) in [5, 5.41) is 6.27. The molecule has 7 nitrogen and oxygen atoms in total. The fraction of sp³-hybridized carbons (Fsp3) is 0.273. The minimum Gasteiger partial charge on any atom is -0.491 e. The van der Waals surface area contributed by atoms with Gasteiger partial charge >= 0.3 is 6.09 Å². The van der Waals surface area contributed by atoms with E-state index in [1.54, 1.807) is 4.90 Å². The van der Waals surface area contributed by atoms with Crippen LogP contribution in [0, 0.1) is 12.8 Å². The van der Waals surface area contributed by atoms with Gasteiger partial charge in [0.2, 0.25) is 0 Å². The zero-order chi connectivity index (χ0) is 27.6. The molecule has 1 aliphatic heterocycles. The second-order valence-corrected chi connectivity index (χ2v) is 10.8. The Hall–Kier alpha value is -4.52. The van der Waals surface area contributed by atoms with E-state index in [0.29, 0.717) is 32.0 Å². The van der Waals surface area contributed by atoms with Gasteiger partial charge in [0, 0.05) is 41.2 Å². The number of rotatable bonds is 7. The zero-order valence-corrected chi connectivity index (χ0v) is 23.2. The Labute approximate surface area is 234 Å². The number of aryl methyl sites for hydroxylation is 1. The van der Waals surface area contributed by atoms with Crippen LogP contribution in [0.5, 0.6) is 5.75 Å². The minimum atomic E-state index is -0.314. The monoisotopic (exact) mass is 534 g/mol. The molecular formula is C33H34N4O3. The lowest BCUT2D eigenvalue weighted by atomic mass is 9.99. The van der Waals surface area contributed by atoms with Crippen molar-refractivity contribution in [3.05, 3.63) is 101 Å². The molecule has 0 unspecified atom stereocenters. The van der Waals surface area contributed by atoms with Crippen LogP contribution >= 0.6 is 0 Å². The summed E-state index contributed by atoms with van der Waals surface area (Å²) in [5.74, 6) is 1.20. The number of nitrogens with zero attached hydrogens (tertiary/aromatic N) is 3. The summed E-state index contributed by atoms with van der Waals surface area (Å²) >= 11 is 0. The molecular weight excluding hydrogens is 500 g/mol. The number of carbonyl (C=O) groups is 1. The topological polar surface area (TPSA) is 72.4 Å². The van der Waals surface area contributed by atoms with Gasteiger partial charge in [0.25, 0.3) is 0 Å². The van der Waals surface area contributed by atoms with Gasteiger partial charge in [-0.05, 0) is 48.2 Å². The van der Waals surface area contributed by atoms with E-state index in [9.17, 15) is 4.79 Å². The summed E-state index contributed by atoms with van der Waals surface area (Å²) in [6, 6.07) is 24.4. The number of hydrogen-bond acceptors (Lipinski definition) is 4. The molecule has 204 valence electrons. The number of hydrogen-bond donors (Lipinski definition) is 1. The fourth-order valence-corrected chi connectivity index (χ4v) is 5.28. The molecule has 0 radical (unpaired) electrons. The number of ether oxygens (including phenoxy) is 2. The Kier molecular flexibility index (Phi) is 7.03. The van der Waals surface area contributed by atoms with E-state index in [0.717, 1.165) is 56.0 Å². The lowest BCUT2D eigenvalue weighted by Gasteiger charge is -2.26. The molecule has 2 aromatic heterocycles. The van der Waals surface area contributed by atoms with Crippen LogP contribution in [0.1, 0.15) is 36.2 Å². The molecule has 6 rings (SSSR count). The molecule has 5 aromatic rings. The van der Waals surface area contributed by atoms with E-state index < -0.39 is 0 Å². The summed E-state index contributed by atoms with van der Waals surface area (Å²) in [6.07, 6.45) is 2.28. The van der Waals surface area contributed by atoms with Gasteiger partial charge in [-0.25, -0.2) is 9.48 Å². The van der Waals surface area contributed by atoms with Gasteiger partial charge in [-0.3, -0.25) is 0 Å². The highest BCUT2D eigenvalue weighted by atomic mass is 16.6. The van der Waals surface area contributed by atoms with Crippen molar-refractivity contribution < 1.29 is 14.3 Å². The summed E-state index contributed by atoms with van der Waals surface area (Å²) in [5.41, 5.74) is 8.09. The fourth-order valence-electron chi connectivity index (χ4n) is 5.28. The lowest BCUT2D eigenvalue weighted by Crippen LogP contribution is -2.36. The molecule has 0 fully saturated rings. The highest BCUT2D eigenvalue weighted by Crippen LogP contribution is 2.38. The van der Waals surface area contributed by atoms with Crippen molar-refractivity contribution in [2.45, 2.75) is 40.3 Å². The van der Waals surface area contributed by atoms with Crippen LogP contribution < -0.4 is 4.74 Å². The molecule has 1 aliphatic rings. The first-order valence-electron chi connectivity index (χ1n) is 13.8. The van der Waals surface area contributed by atoms with Crippen molar-refractivity contribution >= 4 is 17.0 Å². The summed E-state index contributed by atoms with van der Waals surface area (Å²) in [7, 11) is 0. The van der Waals surface area contributed by atoms with Crippen LogP contribution in [0.25, 0.3) is 27.8 Å². The van der Waals surface area contributed by atoms with Crippen LogP contribution in [0.3, 0.4) is 0 Å². The molecule has 0 saturated carbocycles. The zero-order valence-electron chi connectivity index (χ0n) is 23.2. The van der Waals surface area contributed by atoms with Crippen molar-refractivity contribution in [3.8, 4) is 22.7 Å². The van der Waals surface area contributed by atoms with Gasteiger partial charge in [0.1, 0.15) is 18.0 Å². The van der Waals surface area contributed by atoms with Gasteiger partial charge in [0.15, 0.2) is 0 Å². The lowest BCUT2D eigenvalue weighted by molar-refractivity contribution is 0.0918. The number of para-hydroxylation sites is 1. The van der Waals surface area contributed by atoms with Crippen LogP contribution in [-0.2, 0) is 24.3 Å². The van der Waals surface area contributed by atoms with Crippen LogP contribution in [0.4, 0.5) is 4.79 Å². The first kappa shape index (κ1) is 25.7. The smallest absolute Gasteiger partial charge is 0.410 e. The second kappa shape index (κ2) is 10.9. The number of benzene rings is 3. The van der Waals surface area contributed by atoms with Gasteiger partial charge in [-0.2, -0.15) is 5.10 Å². The first-order chi connectivity index (χ1) is 19.5. The number of fused-ring (bicyclic) bond motifs is 2. The van der Waals surface area contributed by atoms with Crippen molar-refractivity contribution in [3.63, 3.8) is 0 Å². The number of nitrogens with one attached hydrogen (secondary N) is 1. The summed E-state index contributed by atoms with van der Waals surface area (Å²) < 4.78 is 14.0. The molecule has 1 amide bonds. The molecule has 40 heavy (non-hydrogen) atoms. The van der Waals surface area contributed by atoms with Gasteiger partial charge in [-0.15, -0.1) is 0 Å². The molecule has 0 bridgehead atoms. The van der Waals surface area contributed by atoms with E-state index in [1.807, 2.05) is 53.3 Å². The van der Waals surface area contributed by atoms with Crippen molar-refractivity contribution in [1.29, 1.82) is 0 Å². The molecule has 7 heteroatoms. The minimum absolute atomic E-state index is 0.249. The number of amides is 1. The third-order valence-electron chi connectivity index (χ3n) is 7.31. The maximum atomic E-state index is 13.2. The summed E-state index contributed by atoms with van der Waals surface area (Å²) in [6.45, 7) is 8.22. The Balaban J connectivity index is 1.41. The molecule has 0 saturated heterocycles. The van der Waals surface area contributed by atoms with E-state index >= 15 is 0 Å². The highest BCUT2D eigenvalue weighted by Gasteiger charge is 2.30. The van der Waals surface area contributed by atoms with E-state index in [1.165, 1.54) is 0 Å². The van der Waals surface area contributed by atoms with Crippen molar-refractivity contribution in [1.82, 2.24) is 19.7 Å². The Bertz CT molecular complexity index is 1650. The highest BCUT2D eigenvalue weighted by molar-refractivity contribution is 5.86. The molecule has 0 aliphatic carbocycles. The predicted molar refractivity (Wildman–Crippen MR) is 157 cm³/mol. The van der Waals surface area contributed by atoms with Crippen LogP contribution in [0.2, 0.25) is 0 Å². The van der Waals surface area contributed by atoms with Crippen LogP contribution in [0.15, 0.2) is 79.0 Å². The van der Waals surface area contributed by atoms with E-state index in [4.69, 9.17) is 14.6 Å². The third-order valence-corrected chi connectivity index (χ3v) is 7.31.